The molecule has 5 aromatic carbocycles. The van der Waals surface area contributed by atoms with Crippen LogP contribution in [0, 0.1) is 0 Å². The molecular weight excluding hydrogens is 661 g/mol. The molecule has 0 heterocycles. The molecule has 0 nitrogen and oxygen atoms in total. The number of fused-ring (bicyclic) bond motifs is 3. The Morgan fingerprint density at radius 1 is 0.745 bits per heavy atom. The van der Waals surface area contributed by atoms with Crippen LogP contribution in [0.4, 0.5) is 0 Å². The number of allylic oxidation sites excluding steroid dienone is 14. The van der Waals surface area contributed by atoms with Crippen LogP contribution in [0.3, 0.4) is 0 Å². The lowest BCUT2D eigenvalue weighted by molar-refractivity contribution is 0.607. The molecule has 0 saturated carbocycles. The molecule has 0 heteroatoms. The third kappa shape index (κ3) is 7.06. The van der Waals surface area contributed by atoms with E-state index in [0.29, 0.717) is 0 Å². The quantitative estimate of drug-likeness (QED) is 0.111. The molecule has 0 amide bonds. The minimum Gasteiger partial charge on any atom is -0.0984 e. The molecule has 3 aliphatic rings. The zero-order valence-electron chi connectivity index (χ0n) is 32.5. The highest BCUT2D eigenvalue weighted by Crippen LogP contribution is 2.51. The molecule has 5 aromatic rings. The van der Waals surface area contributed by atoms with Crippen molar-refractivity contribution in [1.82, 2.24) is 0 Å². The van der Waals surface area contributed by atoms with Gasteiger partial charge in [0.1, 0.15) is 0 Å². The van der Waals surface area contributed by atoms with Gasteiger partial charge in [-0.3, -0.25) is 0 Å². The number of benzene rings is 5. The summed E-state index contributed by atoms with van der Waals surface area (Å²) in [5, 5.41) is 0. The van der Waals surface area contributed by atoms with Crippen LogP contribution in [-0.2, 0) is 18.3 Å². The van der Waals surface area contributed by atoms with E-state index < -0.39 is 0 Å². The lowest BCUT2D eigenvalue weighted by Crippen LogP contribution is -2.17. The van der Waals surface area contributed by atoms with Crippen LogP contribution < -0.4 is 0 Å². The van der Waals surface area contributed by atoms with Crippen LogP contribution in [-0.4, -0.2) is 0 Å². The maximum atomic E-state index is 4.38. The highest BCUT2D eigenvalue weighted by atomic mass is 14.4. The smallest absolute Gasteiger partial charge is 0.0346 e. The molecule has 0 N–H and O–H groups in total. The van der Waals surface area contributed by atoms with E-state index in [0.717, 1.165) is 42.4 Å². The minimum absolute atomic E-state index is 0.00346. The molecule has 0 spiro atoms. The Hall–Kier alpha value is -5.98. The molecule has 0 radical (unpaired) electrons. The Bertz CT molecular complexity index is 2480. The van der Waals surface area contributed by atoms with Crippen LogP contribution >= 0.6 is 0 Å². The molecule has 3 aliphatic carbocycles. The van der Waals surface area contributed by atoms with Crippen molar-refractivity contribution in [3.8, 4) is 11.1 Å². The van der Waals surface area contributed by atoms with Gasteiger partial charge in [-0.25, -0.2) is 0 Å². The largest absolute Gasteiger partial charge is 0.0984 e. The van der Waals surface area contributed by atoms with Crippen molar-refractivity contribution in [2.75, 3.05) is 0 Å². The fourth-order valence-corrected chi connectivity index (χ4v) is 8.96. The summed E-state index contributed by atoms with van der Waals surface area (Å²) in [4.78, 5) is 0. The summed E-state index contributed by atoms with van der Waals surface area (Å²) in [7, 11) is 0. The maximum Gasteiger partial charge on any atom is 0.0346 e. The first-order valence-corrected chi connectivity index (χ1v) is 19.8. The number of rotatable bonds is 8. The standard InChI is InChI=1S/C55H50/c1-6-8-16-39(7-2)45-19-15-20-47(36-45)54(43-31-29-42(30-32-43)41-26-25-38(3)35-44-18-10-9-17-40(44)27-28-41)50-23-12-11-21-48(50)46-33-34-53-51(37-46)49-22-13-14-24-52(49)55(53,4)5/h6-13,15-23,25-26,28-34,36-37,54H,2-3,14,24,27,35H2,1,4-5H3/b8-6-,26-25-,39-16+,41-28+. The van der Waals surface area contributed by atoms with E-state index in [-0.39, 0.29) is 11.3 Å². The van der Waals surface area contributed by atoms with Crippen molar-refractivity contribution in [3.63, 3.8) is 0 Å². The Morgan fingerprint density at radius 3 is 2.35 bits per heavy atom. The number of hydrogen-bond donors (Lipinski definition) is 0. The molecule has 270 valence electrons. The second kappa shape index (κ2) is 15.4. The van der Waals surface area contributed by atoms with E-state index in [9.17, 15) is 0 Å². The molecule has 0 saturated heterocycles. The van der Waals surface area contributed by atoms with Crippen molar-refractivity contribution < 1.29 is 0 Å². The van der Waals surface area contributed by atoms with Gasteiger partial charge in [-0.05, 0) is 117 Å². The fourth-order valence-electron chi connectivity index (χ4n) is 8.96. The summed E-state index contributed by atoms with van der Waals surface area (Å²) in [5.41, 5.74) is 20.8. The first-order valence-electron chi connectivity index (χ1n) is 19.8. The first kappa shape index (κ1) is 36.0. The Labute approximate surface area is 328 Å². The fraction of sp³-hybridized carbons (Fsp3) is 0.164. The molecule has 0 fully saturated rings. The van der Waals surface area contributed by atoms with Crippen LogP contribution in [0.25, 0.3) is 27.8 Å². The van der Waals surface area contributed by atoms with Crippen LogP contribution in [0.1, 0.15) is 89.6 Å². The first-order chi connectivity index (χ1) is 26.9. The van der Waals surface area contributed by atoms with Gasteiger partial charge in [-0.2, -0.15) is 0 Å². The predicted molar refractivity (Wildman–Crippen MR) is 237 cm³/mol. The van der Waals surface area contributed by atoms with Crippen molar-refractivity contribution in [1.29, 1.82) is 0 Å². The summed E-state index contributed by atoms with van der Waals surface area (Å²) in [6.45, 7) is 15.4. The van der Waals surface area contributed by atoms with Crippen molar-refractivity contribution >= 4 is 16.7 Å². The predicted octanol–water partition coefficient (Wildman–Crippen LogP) is 14.4. The van der Waals surface area contributed by atoms with Crippen LogP contribution in [0.2, 0.25) is 0 Å². The lowest BCUT2D eigenvalue weighted by Gasteiger charge is -2.26. The zero-order chi connectivity index (χ0) is 37.9. The Balaban J connectivity index is 1.25. The summed E-state index contributed by atoms with van der Waals surface area (Å²) in [6.07, 6.45) is 23.8. The van der Waals surface area contributed by atoms with Gasteiger partial charge < -0.3 is 0 Å². The van der Waals surface area contributed by atoms with E-state index in [1.165, 1.54) is 66.8 Å². The van der Waals surface area contributed by atoms with Gasteiger partial charge in [0.05, 0.1) is 0 Å². The van der Waals surface area contributed by atoms with E-state index in [4.69, 9.17) is 0 Å². The third-order valence-electron chi connectivity index (χ3n) is 11.9. The van der Waals surface area contributed by atoms with Gasteiger partial charge in [0.15, 0.2) is 0 Å². The van der Waals surface area contributed by atoms with Crippen LogP contribution in [0.5, 0.6) is 0 Å². The van der Waals surface area contributed by atoms with E-state index in [1.807, 2.05) is 13.0 Å². The van der Waals surface area contributed by atoms with Gasteiger partial charge in [0.2, 0.25) is 0 Å². The Morgan fingerprint density at radius 2 is 1.53 bits per heavy atom. The van der Waals surface area contributed by atoms with Crippen molar-refractivity contribution in [2.24, 2.45) is 0 Å². The van der Waals surface area contributed by atoms with E-state index >= 15 is 0 Å². The van der Waals surface area contributed by atoms with E-state index in [1.54, 1.807) is 5.57 Å². The molecule has 0 bridgehead atoms. The van der Waals surface area contributed by atoms with Gasteiger partial charge in [-0.15, -0.1) is 0 Å². The normalized spacial score (nSPS) is 18.3. The van der Waals surface area contributed by atoms with Crippen molar-refractivity contribution in [2.45, 2.75) is 57.8 Å². The highest BCUT2D eigenvalue weighted by Gasteiger charge is 2.37. The lowest BCUT2D eigenvalue weighted by atomic mass is 9.78. The highest BCUT2D eigenvalue weighted by molar-refractivity contribution is 5.89. The summed E-state index contributed by atoms with van der Waals surface area (Å²) < 4.78 is 0. The molecular formula is C55H50. The summed E-state index contributed by atoms with van der Waals surface area (Å²) in [5.74, 6) is 0.00346. The average molecular weight is 711 g/mol. The second-order valence-corrected chi connectivity index (χ2v) is 15.6. The SMILES string of the molecule is C=C/C(=C\C=C/C)c1cccc(C(c2ccc(C3=C/Cc4ccccc4CC(=C)/C=C\3)cc2)c2ccccc2-c2ccc3c(c2)C2=C(CCC=C2)C3(C)C)c1. The zero-order valence-corrected chi connectivity index (χ0v) is 32.5. The molecule has 1 unspecified atom stereocenters. The molecule has 0 aromatic heterocycles. The van der Waals surface area contributed by atoms with Crippen molar-refractivity contribution in [3.05, 3.63) is 244 Å². The summed E-state index contributed by atoms with van der Waals surface area (Å²) >= 11 is 0. The van der Waals surface area contributed by atoms with Crippen LogP contribution in [0.15, 0.2) is 194 Å². The molecule has 8 rings (SSSR count). The van der Waals surface area contributed by atoms with E-state index in [2.05, 4.69) is 191 Å². The molecule has 55 heavy (non-hydrogen) atoms. The van der Waals surface area contributed by atoms with Gasteiger partial charge >= 0.3 is 0 Å². The monoisotopic (exact) mass is 710 g/mol. The molecule has 1 atom stereocenters. The third-order valence-corrected chi connectivity index (χ3v) is 11.9. The average Bonchev–Trinajstić information content (AvgIpc) is 3.49. The topological polar surface area (TPSA) is 0 Å². The minimum atomic E-state index is 0.00346. The molecule has 0 aliphatic heterocycles. The maximum absolute atomic E-state index is 4.38. The van der Waals surface area contributed by atoms with Gasteiger partial charge in [0, 0.05) is 11.3 Å². The van der Waals surface area contributed by atoms with Gasteiger partial charge in [0.25, 0.3) is 0 Å². The summed E-state index contributed by atoms with van der Waals surface area (Å²) in [6, 6.07) is 43.3. The van der Waals surface area contributed by atoms with Gasteiger partial charge in [-0.1, -0.05) is 202 Å². The Kier molecular flexibility index (Phi) is 10.1. The number of hydrogen-bond acceptors (Lipinski definition) is 0. The second-order valence-electron chi connectivity index (χ2n) is 15.6.